The highest BCUT2D eigenvalue weighted by atomic mass is 16.2. The quantitative estimate of drug-likeness (QED) is 0.684. The van der Waals surface area contributed by atoms with Crippen molar-refractivity contribution in [2.75, 3.05) is 32.7 Å². The summed E-state index contributed by atoms with van der Waals surface area (Å²) in [5.74, 6) is 1.72. The molecule has 3 fully saturated rings. The Morgan fingerprint density at radius 1 is 1.00 bits per heavy atom. The van der Waals surface area contributed by atoms with Crippen LogP contribution < -0.4 is 15.1 Å². The molecule has 2 aliphatic carbocycles. The molecular formula is C23H37N3O+2. The van der Waals surface area contributed by atoms with Gasteiger partial charge in [-0.3, -0.25) is 4.79 Å². The van der Waals surface area contributed by atoms with E-state index in [1.807, 2.05) is 0 Å². The second-order valence-electron chi connectivity index (χ2n) is 10.0. The van der Waals surface area contributed by atoms with Gasteiger partial charge in [-0.2, -0.15) is 0 Å². The Kier molecular flexibility index (Phi) is 5.06. The predicted octanol–water partition coefficient (Wildman–Crippen LogP) is 0.301. The van der Waals surface area contributed by atoms with Gasteiger partial charge in [0.25, 0.3) is 5.91 Å². The molecule has 4 rings (SSSR count). The van der Waals surface area contributed by atoms with E-state index in [1.165, 1.54) is 29.7 Å². The molecule has 1 saturated heterocycles. The van der Waals surface area contributed by atoms with Crippen molar-refractivity contribution in [1.29, 1.82) is 0 Å². The Morgan fingerprint density at radius 3 is 2.26 bits per heavy atom. The average molecular weight is 372 g/mol. The number of carbonyl (C=O) groups is 1. The number of amides is 1. The zero-order valence-electron chi connectivity index (χ0n) is 17.3. The second-order valence-corrected chi connectivity index (χ2v) is 10.0. The first-order valence-electron chi connectivity index (χ1n) is 10.9. The van der Waals surface area contributed by atoms with E-state index in [9.17, 15) is 4.79 Å². The monoisotopic (exact) mass is 371 g/mol. The van der Waals surface area contributed by atoms with Crippen LogP contribution in [-0.4, -0.2) is 44.2 Å². The topological polar surface area (TPSA) is 38.0 Å². The maximum absolute atomic E-state index is 12.9. The number of hydrogen-bond donors (Lipinski definition) is 3. The fourth-order valence-corrected chi connectivity index (χ4v) is 6.13. The smallest absolute Gasteiger partial charge is 0.275 e. The summed E-state index contributed by atoms with van der Waals surface area (Å²) in [6.45, 7) is 13.3. The van der Waals surface area contributed by atoms with Crippen LogP contribution in [0.4, 0.5) is 0 Å². The van der Waals surface area contributed by atoms with Gasteiger partial charge in [-0.25, -0.2) is 0 Å². The number of carbonyl (C=O) groups excluding carboxylic acids is 1. The molecule has 2 saturated carbocycles. The molecule has 1 heterocycles. The maximum Gasteiger partial charge on any atom is 0.275 e. The largest absolute Gasteiger partial charge is 0.345 e. The van der Waals surface area contributed by atoms with E-state index < -0.39 is 0 Å². The third kappa shape index (κ3) is 3.54. The lowest BCUT2D eigenvalue weighted by Crippen LogP contribution is -3.28. The molecule has 0 unspecified atom stereocenters. The van der Waals surface area contributed by atoms with Gasteiger partial charge in [0, 0.05) is 11.1 Å². The van der Waals surface area contributed by atoms with Crippen molar-refractivity contribution in [2.45, 2.75) is 52.1 Å². The predicted molar refractivity (Wildman–Crippen MR) is 108 cm³/mol. The summed E-state index contributed by atoms with van der Waals surface area (Å²) < 4.78 is 0. The Morgan fingerprint density at radius 2 is 1.63 bits per heavy atom. The summed E-state index contributed by atoms with van der Waals surface area (Å²) in [5.41, 5.74) is 1.62. The summed E-state index contributed by atoms with van der Waals surface area (Å²) >= 11 is 0. The van der Waals surface area contributed by atoms with E-state index in [-0.39, 0.29) is 16.9 Å². The van der Waals surface area contributed by atoms with E-state index in [2.05, 4.69) is 56.4 Å². The van der Waals surface area contributed by atoms with Crippen LogP contribution in [-0.2, 0) is 11.3 Å². The van der Waals surface area contributed by atoms with Crippen LogP contribution in [0.25, 0.3) is 0 Å². The third-order valence-corrected chi connectivity index (χ3v) is 8.38. The van der Waals surface area contributed by atoms with Gasteiger partial charge in [-0.1, -0.05) is 44.2 Å². The molecule has 0 aromatic heterocycles. The van der Waals surface area contributed by atoms with Gasteiger partial charge in [0.2, 0.25) is 0 Å². The second kappa shape index (κ2) is 7.21. The minimum absolute atomic E-state index is 0.0210. The molecular weight excluding hydrogens is 334 g/mol. The van der Waals surface area contributed by atoms with E-state index >= 15 is 0 Å². The van der Waals surface area contributed by atoms with Gasteiger partial charge < -0.3 is 15.1 Å². The van der Waals surface area contributed by atoms with Crippen LogP contribution in [0.1, 0.15) is 45.6 Å². The molecule has 3 N–H and O–H groups in total. The van der Waals surface area contributed by atoms with E-state index in [0.29, 0.717) is 12.5 Å². The first-order chi connectivity index (χ1) is 12.9. The number of rotatable bonds is 5. The molecule has 4 heteroatoms. The SMILES string of the molecule is CC1(C)[C@H]2CC[C@H](C2)[C@@]1(C)NC(=O)C[NH+]1CC[NH+](Cc2ccccc2)CC1. The number of hydrogen-bond acceptors (Lipinski definition) is 1. The zero-order valence-corrected chi connectivity index (χ0v) is 17.3. The molecule has 3 atom stereocenters. The van der Waals surface area contributed by atoms with Gasteiger partial charge in [-0.05, 0) is 43.4 Å². The summed E-state index contributed by atoms with van der Waals surface area (Å²) in [6.07, 6.45) is 3.94. The molecule has 4 nitrogen and oxygen atoms in total. The number of nitrogens with one attached hydrogen (secondary N) is 3. The van der Waals surface area contributed by atoms with E-state index in [4.69, 9.17) is 0 Å². The fourth-order valence-electron chi connectivity index (χ4n) is 6.13. The van der Waals surface area contributed by atoms with Crippen LogP contribution in [0.5, 0.6) is 0 Å². The maximum atomic E-state index is 12.9. The van der Waals surface area contributed by atoms with E-state index in [1.54, 1.807) is 4.90 Å². The molecule has 148 valence electrons. The minimum Gasteiger partial charge on any atom is -0.345 e. The lowest BCUT2D eigenvalue weighted by molar-refractivity contribution is -1.02. The van der Waals surface area contributed by atoms with Crippen molar-refractivity contribution in [1.82, 2.24) is 5.32 Å². The lowest BCUT2D eigenvalue weighted by atomic mass is 9.64. The molecule has 1 aromatic carbocycles. The molecule has 27 heavy (non-hydrogen) atoms. The highest BCUT2D eigenvalue weighted by molar-refractivity contribution is 5.78. The Bertz CT molecular complexity index is 665. The van der Waals surface area contributed by atoms with Crippen LogP contribution in [0.2, 0.25) is 0 Å². The Hall–Kier alpha value is -1.39. The van der Waals surface area contributed by atoms with Crippen LogP contribution in [0.3, 0.4) is 0 Å². The van der Waals surface area contributed by atoms with Crippen molar-refractivity contribution in [3.63, 3.8) is 0 Å². The Labute approximate surface area is 164 Å². The van der Waals surface area contributed by atoms with Gasteiger partial charge in [-0.15, -0.1) is 0 Å². The van der Waals surface area contributed by atoms with Crippen molar-refractivity contribution in [3.05, 3.63) is 35.9 Å². The number of benzene rings is 1. The highest BCUT2D eigenvalue weighted by Crippen LogP contribution is 2.61. The summed E-state index contributed by atoms with van der Waals surface area (Å²) in [5, 5.41) is 3.51. The summed E-state index contributed by atoms with van der Waals surface area (Å²) in [7, 11) is 0. The van der Waals surface area contributed by atoms with Gasteiger partial charge in [0.1, 0.15) is 32.7 Å². The van der Waals surface area contributed by atoms with Crippen LogP contribution in [0.15, 0.2) is 30.3 Å². The number of piperazine rings is 1. The van der Waals surface area contributed by atoms with Gasteiger partial charge >= 0.3 is 0 Å². The molecule has 1 aromatic rings. The fraction of sp³-hybridized carbons (Fsp3) is 0.696. The van der Waals surface area contributed by atoms with Gasteiger partial charge in [0.15, 0.2) is 6.54 Å². The minimum atomic E-state index is -0.0210. The van der Waals surface area contributed by atoms with Crippen LogP contribution in [0, 0.1) is 17.3 Å². The number of quaternary nitrogens is 2. The normalized spacial score (nSPS) is 37.3. The molecule has 2 bridgehead atoms. The number of fused-ring (bicyclic) bond motifs is 2. The highest BCUT2D eigenvalue weighted by Gasteiger charge is 2.60. The van der Waals surface area contributed by atoms with Crippen molar-refractivity contribution >= 4 is 5.91 Å². The standard InChI is InChI=1S/C23H35N3O/c1-22(2)19-9-10-20(15-19)23(22,3)24-21(27)17-26-13-11-25(12-14-26)16-18-7-5-4-6-8-18/h4-8,19-20H,9-17H2,1-3H3,(H,24,27)/p+2/t19-,20+,23+/m0/s1. The first-order valence-corrected chi connectivity index (χ1v) is 10.9. The molecule has 0 spiro atoms. The van der Waals surface area contributed by atoms with Crippen LogP contribution >= 0.6 is 0 Å². The van der Waals surface area contributed by atoms with Crippen molar-refractivity contribution in [2.24, 2.45) is 17.3 Å². The average Bonchev–Trinajstić information content (AvgIpc) is 3.20. The van der Waals surface area contributed by atoms with Gasteiger partial charge in [0.05, 0.1) is 0 Å². The Balaban J connectivity index is 1.26. The summed E-state index contributed by atoms with van der Waals surface area (Å²) in [6, 6.07) is 10.8. The molecule has 1 amide bonds. The lowest BCUT2D eigenvalue weighted by Gasteiger charge is -2.48. The summed E-state index contributed by atoms with van der Waals surface area (Å²) in [4.78, 5) is 16.0. The molecule has 3 aliphatic rings. The molecule has 1 aliphatic heterocycles. The van der Waals surface area contributed by atoms with E-state index in [0.717, 1.165) is 38.6 Å². The van der Waals surface area contributed by atoms with Crippen molar-refractivity contribution in [3.8, 4) is 0 Å². The van der Waals surface area contributed by atoms with Crippen molar-refractivity contribution < 1.29 is 14.6 Å². The molecule has 0 radical (unpaired) electrons. The first kappa shape index (κ1) is 18.9. The zero-order chi connectivity index (χ0) is 19.1. The third-order valence-electron chi connectivity index (χ3n) is 8.38.